The van der Waals surface area contributed by atoms with Crippen molar-refractivity contribution in [2.24, 2.45) is 0 Å². The molecule has 0 spiro atoms. The van der Waals surface area contributed by atoms with Gasteiger partial charge in [0.05, 0.1) is 17.8 Å². The molecule has 2 heterocycles. The largest absolute Gasteiger partial charge is 0.464 e. The normalized spacial score (nSPS) is 17.9. The Morgan fingerprint density at radius 3 is 2.65 bits per heavy atom. The van der Waals surface area contributed by atoms with Crippen molar-refractivity contribution in [3.05, 3.63) is 16.1 Å². The summed E-state index contributed by atoms with van der Waals surface area (Å²) in [5, 5.41) is 11.1. The molecule has 0 bridgehead atoms. The van der Waals surface area contributed by atoms with Crippen molar-refractivity contribution in [1.82, 2.24) is 9.88 Å². The molecule has 2 rings (SSSR count). The van der Waals surface area contributed by atoms with Gasteiger partial charge in [-0.2, -0.15) is 0 Å². The van der Waals surface area contributed by atoms with Crippen LogP contribution in [0.25, 0.3) is 0 Å². The Labute approximate surface area is 121 Å². The van der Waals surface area contributed by atoms with Gasteiger partial charge >= 0.3 is 5.97 Å². The third-order valence-corrected chi connectivity index (χ3v) is 4.27. The molecular weight excluding hydrogens is 280 g/mol. The number of hydrogen-bond donors (Lipinski definition) is 1. The van der Waals surface area contributed by atoms with Crippen LogP contribution in [0.1, 0.15) is 34.4 Å². The Balaban J connectivity index is 1.97. The Hall–Kier alpha value is -1.47. The first-order valence-electron chi connectivity index (χ1n) is 6.57. The Kier molecular flexibility index (Phi) is 4.39. The fourth-order valence-corrected chi connectivity index (χ4v) is 2.91. The average Bonchev–Trinajstić information content (AvgIpc) is 2.86. The van der Waals surface area contributed by atoms with Crippen LogP contribution in [0.5, 0.6) is 0 Å². The number of aryl methyl sites for hydroxylation is 1. The number of aliphatic hydroxyl groups is 1. The van der Waals surface area contributed by atoms with E-state index in [1.165, 1.54) is 11.3 Å². The Bertz CT molecular complexity index is 506. The van der Waals surface area contributed by atoms with Gasteiger partial charge in [0.15, 0.2) is 5.60 Å². The Morgan fingerprint density at radius 1 is 1.50 bits per heavy atom. The van der Waals surface area contributed by atoms with Gasteiger partial charge in [0, 0.05) is 25.9 Å². The molecule has 0 aliphatic carbocycles. The highest BCUT2D eigenvalue weighted by molar-refractivity contribution is 7.13. The van der Waals surface area contributed by atoms with Gasteiger partial charge in [-0.05, 0) is 13.8 Å². The minimum atomic E-state index is -1.46. The van der Waals surface area contributed by atoms with Gasteiger partial charge in [0.1, 0.15) is 4.88 Å². The number of carbonyl (C=O) groups is 2. The zero-order valence-corrected chi connectivity index (χ0v) is 12.4. The van der Waals surface area contributed by atoms with Crippen molar-refractivity contribution in [2.75, 3.05) is 19.7 Å². The topological polar surface area (TPSA) is 79.7 Å². The fraction of sp³-hybridized carbons (Fsp3) is 0.615. The number of thiazole rings is 1. The number of piperidine rings is 1. The lowest BCUT2D eigenvalue weighted by Crippen LogP contribution is -2.51. The lowest BCUT2D eigenvalue weighted by atomic mass is 9.91. The summed E-state index contributed by atoms with van der Waals surface area (Å²) in [4.78, 5) is 30.2. The number of rotatable bonds is 3. The molecular formula is C13H18N2O4S. The summed E-state index contributed by atoms with van der Waals surface area (Å²) < 4.78 is 4.87. The molecule has 0 aromatic carbocycles. The first kappa shape index (κ1) is 14.9. The average molecular weight is 298 g/mol. The molecule has 6 nitrogen and oxygen atoms in total. The van der Waals surface area contributed by atoms with Crippen molar-refractivity contribution < 1.29 is 19.4 Å². The quantitative estimate of drug-likeness (QED) is 0.842. The monoisotopic (exact) mass is 298 g/mol. The highest BCUT2D eigenvalue weighted by Gasteiger charge is 2.41. The van der Waals surface area contributed by atoms with Crippen LogP contribution in [-0.4, -0.2) is 52.2 Å². The maximum atomic E-state index is 12.2. The number of carbonyl (C=O) groups excluding carboxylic acids is 2. The summed E-state index contributed by atoms with van der Waals surface area (Å²) in [6.07, 6.45) is 1.97. The van der Waals surface area contributed by atoms with E-state index in [4.69, 9.17) is 4.74 Å². The van der Waals surface area contributed by atoms with Crippen LogP contribution in [0.4, 0.5) is 0 Å². The first-order chi connectivity index (χ1) is 9.46. The van der Waals surface area contributed by atoms with Gasteiger partial charge in [0.25, 0.3) is 5.91 Å². The highest BCUT2D eigenvalue weighted by atomic mass is 32.1. The van der Waals surface area contributed by atoms with Crippen molar-refractivity contribution >= 4 is 23.2 Å². The summed E-state index contributed by atoms with van der Waals surface area (Å²) in [5.41, 5.74) is -1.46. The molecule has 1 aliphatic heterocycles. The summed E-state index contributed by atoms with van der Waals surface area (Å²) in [6, 6.07) is 0. The number of likely N-dealkylation sites (tertiary alicyclic amines) is 1. The fourth-order valence-electron chi connectivity index (χ4n) is 2.17. The van der Waals surface area contributed by atoms with Crippen molar-refractivity contribution in [3.8, 4) is 0 Å². The molecule has 0 radical (unpaired) electrons. The molecule has 20 heavy (non-hydrogen) atoms. The van der Waals surface area contributed by atoms with E-state index in [1.807, 2.05) is 6.92 Å². The predicted octanol–water partition coefficient (Wildman–Crippen LogP) is 0.982. The molecule has 110 valence electrons. The third kappa shape index (κ3) is 2.99. The molecule has 1 aromatic rings. The van der Waals surface area contributed by atoms with E-state index in [9.17, 15) is 14.7 Å². The van der Waals surface area contributed by atoms with E-state index >= 15 is 0 Å². The number of hydrogen-bond acceptors (Lipinski definition) is 6. The molecule has 1 fully saturated rings. The molecule has 1 amide bonds. The molecule has 1 saturated heterocycles. The van der Waals surface area contributed by atoms with Crippen LogP contribution in [-0.2, 0) is 9.53 Å². The van der Waals surface area contributed by atoms with Crippen molar-refractivity contribution in [2.45, 2.75) is 32.3 Å². The number of amides is 1. The molecule has 1 N–H and O–H groups in total. The second-order valence-corrected chi connectivity index (χ2v) is 6.02. The molecule has 0 unspecified atom stereocenters. The first-order valence-corrected chi connectivity index (χ1v) is 7.39. The van der Waals surface area contributed by atoms with Crippen molar-refractivity contribution in [1.29, 1.82) is 0 Å². The van der Waals surface area contributed by atoms with E-state index < -0.39 is 11.6 Å². The summed E-state index contributed by atoms with van der Waals surface area (Å²) in [6.45, 7) is 4.46. The lowest BCUT2D eigenvalue weighted by Gasteiger charge is -2.36. The van der Waals surface area contributed by atoms with Crippen LogP contribution in [0.3, 0.4) is 0 Å². The molecule has 1 aromatic heterocycles. The SMILES string of the molecule is CCOC(=O)C1(O)CCN(C(=O)c2cnc(C)s2)CC1. The van der Waals surface area contributed by atoms with Crippen LogP contribution < -0.4 is 0 Å². The van der Waals surface area contributed by atoms with Crippen LogP contribution in [0.2, 0.25) is 0 Å². The van der Waals surface area contributed by atoms with Gasteiger partial charge in [-0.15, -0.1) is 11.3 Å². The summed E-state index contributed by atoms with van der Waals surface area (Å²) in [7, 11) is 0. The zero-order chi connectivity index (χ0) is 14.8. The van der Waals surface area contributed by atoms with Crippen LogP contribution in [0, 0.1) is 6.92 Å². The van der Waals surface area contributed by atoms with Crippen LogP contribution in [0.15, 0.2) is 6.20 Å². The summed E-state index contributed by atoms with van der Waals surface area (Å²) in [5.74, 6) is -0.692. The van der Waals surface area contributed by atoms with Gasteiger partial charge in [-0.25, -0.2) is 9.78 Å². The number of aromatic nitrogens is 1. The van der Waals surface area contributed by atoms with E-state index in [-0.39, 0.29) is 25.4 Å². The third-order valence-electron chi connectivity index (χ3n) is 3.37. The predicted molar refractivity (Wildman–Crippen MR) is 73.6 cm³/mol. The standard InChI is InChI=1S/C13H18N2O4S/c1-3-19-12(17)13(18)4-6-15(7-5-13)11(16)10-8-14-9(2)20-10/h8,18H,3-7H2,1-2H3. The van der Waals surface area contributed by atoms with Gasteiger partial charge < -0.3 is 14.7 Å². The van der Waals surface area contributed by atoms with Gasteiger partial charge in [0.2, 0.25) is 0 Å². The molecule has 7 heteroatoms. The second-order valence-electron chi connectivity index (χ2n) is 4.79. The maximum absolute atomic E-state index is 12.2. The number of ether oxygens (including phenoxy) is 1. The highest BCUT2D eigenvalue weighted by Crippen LogP contribution is 2.25. The van der Waals surface area contributed by atoms with Crippen LogP contribution >= 0.6 is 11.3 Å². The van der Waals surface area contributed by atoms with Crippen molar-refractivity contribution in [3.63, 3.8) is 0 Å². The Morgan fingerprint density at radius 2 is 2.15 bits per heavy atom. The minimum absolute atomic E-state index is 0.0958. The zero-order valence-electron chi connectivity index (χ0n) is 11.6. The minimum Gasteiger partial charge on any atom is -0.464 e. The lowest BCUT2D eigenvalue weighted by molar-refractivity contribution is -0.169. The molecule has 0 atom stereocenters. The van der Waals surface area contributed by atoms with Gasteiger partial charge in [-0.3, -0.25) is 4.79 Å². The molecule has 0 saturated carbocycles. The number of esters is 1. The van der Waals surface area contributed by atoms with Gasteiger partial charge in [-0.1, -0.05) is 0 Å². The second kappa shape index (κ2) is 5.88. The molecule has 1 aliphatic rings. The number of nitrogens with zero attached hydrogens (tertiary/aromatic N) is 2. The van der Waals surface area contributed by atoms with E-state index in [0.717, 1.165) is 5.01 Å². The summed E-state index contributed by atoms with van der Waals surface area (Å²) >= 11 is 1.35. The maximum Gasteiger partial charge on any atom is 0.338 e. The smallest absolute Gasteiger partial charge is 0.338 e. The van der Waals surface area contributed by atoms with E-state index in [1.54, 1.807) is 18.0 Å². The van der Waals surface area contributed by atoms with E-state index in [2.05, 4.69) is 4.98 Å². The van der Waals surface area contributed by atoms with E-state index in [0.29, 0.717) is 18.0 Å².